The predicted molar refractivity (Wildman–Crippen MR) is 406 cm³/mol. The lowest BCUT2D eigenvalue weighted by atomic mass is 9.86. The molecule has 0 bridgehead atoms. The molecule has 5 heterocycles. The third-order valence-corrected chi connectivity index (χ3v) is 22.0. The Kier molecular flexibility index (Phi) is 45.0. The van der Waals surface area contributed by atoms with Crippen LogP contribution >= 0.6 is 0 Å². The van der Waals surface area contributed by atoms with Crippen molar-refractivity contribution in [3.63, 3.8) is 0 Å². The molecule has 5 saturated heterocycles. The van der Waals surface area contributed by atoms with Crippen molar-refractivity contribution in [2.24, 2.45) is 0 Å². The topological polar surface area (TPSA) is 665 Å². The van der Waals surface area contributed by atoms with Gasteiger partial charge in [0.25, 0.3) is 17.4 Å². The van der Waals surface area contributed by atoms with Crippen LogP contribution in [0.2, 0.25) is 0 Å². The van der Waals surface area contributed by atoms with E-state index < -0.39 is 283 Å². The van der Waals surface area contributed by atoms with Gasteiger partial charge < -0.3 is 171 Å². The second-order valence-electron chi connectivity index (χ2n) is 31.4. The number of allylic oxidation sites excluding steroid dienone is 1. The van der Waals surface area contributed by atoms with Gasteiger partial charge in [0.05, 0.1) is 88.2 Å². The molecule has 5 fully saturated rings. The number of hydrogen-bond acceptors (Lipinski definition) is 34. The first kappa shape index (κ1) is 103. The standard InChI is InChI=1S/C77H134N4O37/c1-6-8-10-12-14-16-18-19-21-22-24-26-28-30-45(90)44(81-54(95)31-29-27-25-23-20-17-15-13-11-9-7-2)40-109-70-63(101)62(100)65(53(39-86)111-70)112-71-64(102)69(59(97)50(36-83)110-71)118-77(74(107)108)34-48(93)57(80-43(5)89)68(117-77)61(99)52(38-85)114-76(73(105)106)33-47(92)56(79-42(4)88)67(116-76)60(98)51(37-84)113-75(72(103)104)32-46(91)55(78-41(3)87)66(115-75)58(96)49(94)35-82/h28,30,44-53,55-71,82-86,90-94,96-102H,6-27,29,31-40H2,1-5H3,(H,78,87)(H,79,88)(H,80,89)(H,81,95)(H,103,104)(H,105,106)(H,107,108)/b30-28+/t44-,45+,46-,47-,48-,49+,50+,51+,52+,53+,55+,56+,57+,58+,59-,60+,61+,62+,63+,64+,65+,66?,67?,68?,69-,70+,71-,75+,76+,77-/m0/s1. The lowest BCUT2D eigenvalue weighted by molar-refractivity contribution is -0.388. The van der Waals surface area contributed by atoms with Crippen LogP contribution in [-0.2, 0) is 80.9 Å². The average Bonchev–Trinajstić information content (AvgIpc) is 0.762. The van der Waals surface area contributed by atoms with Crippen molar-refractivity contribution in [1.82, 2.24) is 21.3 Å². The van der Waals surface area contributed by atoms with Crippen LogP contribution in [0.3, 0.4) is 0 Å². The van der Waals surface area contributed by atoms with Gasteiger partial charge in [-0.1, -0.05) is 154 Å². The molecular weight excluding hydrogens is 1570 g/mol. The van der Waals surface area contributed by atoms with E-state index in [4.69, 9.17) is 47.4 Å². The van der Waals surface area contributed by atoms with Gasteiger partial charge in [0, 0.05) is 46.5 Å². The summed E-state index contributed by atoms with van der Waals surface area (Å²) in [6.45, 7) is -0.129. The largest absolute Gasteiger partial charge is 0.477 e. The SMILES string of the molecule is CCCCCCCCCCCCC/C=C/[C@@H](O)[C@H](CO[C@@H]1O[C@H](CO)[C@@H](O[C@@H]2O[C@H](CO)[C@H](O)[C@H](O[C@]3(C(=O)O)C[C@H](O)[C@@H](NC(C)=O)C([C@H](O)[C@@H](CO)O[C@]4(C(=O)O)C[C@H](O)[C@@H](NC(C)=O)C([C@H](O)[C@@H](CO)O[C@]5(C(=O)O)C[C@H](O)[C@@H](NC(C)=O)C([C@H](O)[C@H](O)CO)O5)O4)O3)[C@H]2O)[C@H](O)[C@H]1O)NC(=O)CCCCCCCCCCCCC. The Morgan fingerprint density at radius 1 is 0.458 bits per heavy atom. The van der Waals surface area contributed by atoms with Crippen LogP contribution in [0.25, 0.3) is 0 Å². The van der Waals surface area contributed by atoms with Gasteiger partial charge in [0.2, 0.25) is 23.6 Å². The number of aliphatic carboxylic acids is 3. The molecule has 0 radical (unpaired) electrons. The number of aliphatic hydroxyl groups is 17. The van der Waals surface area contributed by atoms with Gasteiger partial charge in [-0.05, 0) is 19.3 Å². The van der Waals surface area contributed by atoms with Crippen LogP contribution in [0, 0.1) is 0 Å². The van der Waals surface area contributed by atoms with Gasteiger partial charge in [-0.2, -0.15) is 0 Å². The molecule has 0 spiro atoms. The van der Waals surface area contributed by atoms with Gasteiger partial charge >= 0.3 is 17.9 Å². The fourth-order valence-corrected chi connectivity index (χ4v) is 15.4. The van der Waals surface area contributed by atoms with E-state index in [1.54, 1.807) is 6.08 Å². The average molecular weight is 1710 g/mol. The molecule has 0 saturated carbocycles. The van der Waals surface area contributed by atoms with Gasteiger partial charge in [0.15, 0.2) is 12.6 Å². The lowest BCUT2D eigenvalue weighted by Gasteiger charge is -2.51. The Morgan fingerprint density at radius 2 is 0.847 bits per heavy atom. The van der Waals surface area contributed by atoms with Crippen LogP contribution in [-0.4, -0.2) is 366 Å². The smallest absolute Gasteiger partial charge is 0.364 e. The number of hydrogen-bond donors (Lipinski definition) is 24. The van der Waals surface area contributed by atoms with Gasteiger partial charge in [-0.15, -0.1) is 0 Å². The Morgan fingerprint density at radius 3 is 1.25 bits per heavy atom. The Hall–Kier alpha value is -5.05. The van der Waals surface area contributed by atoms with E-state index in [2.05, 4.69) is 35.1 Å². The highest BCUT2D eigenvalue weighted by molar-refractivity contribution is 5.79. The quantitative estimate of drug-likeness (QED) is 0.0204. The number of carbonyl (C=O) groups is 7. The molecule has 5 rings (SSSR count). The van der Waals surface area contributed by atoms with Gasteiger partial charge in [-0.25, -0.2) is 14.4 Å². The minimum atomic E-state index is -3.57. The molecule has 5 aliphatic heterocycles. The van der Waals surface area contributed by atoms with E-state index in [0.29, 0.717) is 12.8 Å². The van der Waals surface area contributed by atoms with Crippen LogP contribution < -0.4 is 21.3 Å². The number of nitrogens with one attached hydrogen (secondary N) is 4. The zero-order chi connectivity index (χ0) is 87.8. The highest BCUT2D eigenvalue weighted by Crippen LogP contribution is 2.43. The van der Waals surface area contributed by atoms with Crippen LogP contribution in [0.15, 0.2) is 12.2 Å². The summed E-state index contributed by atoms with van der Waals surface area (Å²) in [4.78, 5) is 92.0. The van der Waals surface area contributed by atoms with Crippen molar-refractivity contribution >= 4 is 41.5 Å². The molecule has 3 unspecified atom stereocenters. The molecule has 0 aromatic carbocycles. The first-order valence-electron chi connectivity index (χ1n) is 41.3. The first-order chi connectivity index (χ1) is 56.0. The van der Waals surface area contributed by atoms with E-state index in [1.807, 2.05) is 0 Å². The maximum atomic E-state index is 13.8. The number of carboxylic acid groups (broad SMARTS) is 3. The molecule has 684 valence electrons. The highest BCUT2D eigenvalue weighted by atomic mass is 16.8. The summed E-state index contributed by atoms with van der Waals surface area (Å²) in [6.07, 6.45) is -27.8. The zero-order valence-electron chi connectivity index (χ0n) is 68.0. The summed E-state index contributed by atoms with van der Waals surface area (Å²) in [7, 11) is 0. The third kappa shape index (κ3) is 29.6. The van der Waals surface area contributed by atoms with Gasteiger partial charge in [0.1, 0.15) is 104 Å². The maximum Gasteiger partial charge on any atom is 0.364 e. The summed E-state index contributed by atoms with van der Waals surface area (Å²) in [6, 6.07) is -7.02. The van der Waals surface area contributed by atoms with Gasteiger partial charge in [-0.3, -0.25) is 19.2 Å². The minimum absolute atomic E-state index is 0.121. The molecule has 24 N–H and O–H groups in total. The number of rotatable bonds is 55. The summed E-state index contributed by atoms with van der Waals surface area (Å²) < 4.78 is 58.1. The Labute approximate surface area is 685 Å². The molecular formula is C77H134N4O37. The molecule has 41 nitrogen and oxygen atoms in total. The number of aliphatic hydroxyl groups excluding tert-OH is 17. The van der Waals surface area contributed by atoms with E-state index in [-0.39, 0.29) is 6.42 Å². The summed E-state index contributed by atoms with van der Waals surface area (Å²) in [5.74, 6) is -20.6. The molecule has 0 aliphatic carbocycles. The summed E-state index contributed by atoms with van der Waals surface area (Å²) >= 11 is 0. The van der Waals surface area contributed by atoms with Crippen molar-refractivity contribution in [3.8, 4) is 0 Å². The van der Waals surface area contributed by atoms with E-state index in [0.717, 1.165) is 85.0 Å². The Balaban J connectivity index is 1.38. The zero-order valence-corrected chi connectivity index (χ0v) is 68.0. The number of ether oxygens (including phenoxy) is 10. The number of carboxylic acids is 3. The van der Waals surface area contributed by atoms with Crippen molar-refractivity contribution in [2.75, 3.05) is 39.6 Å². The first-order valence-corrected chi connectivity index (χ1v) is 41.3. The van der Waals surface area contributed by atoms with E-state index in [9.17, 15) is 136 Å². The molecule has 30 atom stereocenters. The second-order valence-corrected chi connectivity index (χ2v) is 31.4. The molecule has 5 aliphatic rings. The maximum absolute atomic E-state index is 13.8. The van der Waals surface area contributed by atoms with E-state index in [1.165, 1.54) is 76.7 Å². The fraction of sp³-hybridized carbons (Fsp3) is 0.883. The van der Waals surface area contributed by atoms with Crippen molar-refractivity contribution in [2.45, 2.75) is 390 Å². The van der Waals surface area contributed by atoms with Crippen LogP contribution in [0.1, 0.15) is 208 Å². The molecule has 4 amide bonds. The summed E-state index contributed by atoms with van der Waals surface area (Å²) in [5.41, 5.74) is 0. The highest BCUT2D eigenvalue weighted by Gasteiger charge is 2.64. The number of unbranched alkanes of at least 4 members (excludes halogenated alkanes) is 21. The van der Waals surface area contributed by atoms with Crippen molar-refractivity contribution < 1.29 is 183 Å². The lowest BCUT2D eigenvalue weighted by Crippen LogP contribution is -2.72. The van der Waals surface area contributed by atoms with E-state index >= 15 is 0 Å². The number of carbonyl (C=O) groups excluding carboxylic acids is 4. The third-order valence-electron chi connectivity index (χ3n) is 22.0. The molecule has 0 aromatic rings. The number of amides is 4. The minimum Gasteiger partial charge on any atom is -0.477 e. The normalized spacial score (nSPS) is 33.5. The molecule has 118 heavy (non-hydrogen) atoms. The van der Waals surface area contributed by atoms with Crippen LogP contribution in [0.5, 0.6) is 0 Å². The van der Waals surface area contributed by atoms with Crippen molar-refractivity contribution in [3.05, 3.63) is 12.2 Å². The molecule has 0 aromatic heterocycles. The summed E-state index contributed by atoms with van der Waals surface area (Å²) in [5, 5.41) is 234. The fourth-order valence-electron chi connectivity index (χ4n) is 15.4. The monoisotopic (exact) mass is 1710 g/mol. The predicted octanol–water partition coefficient (Wildman–Crippen LogP) is -4.05. The molecule has 41 heteroatoms. The van der Waals surface area contributed by atoms with Crippen molar-refractivity contribution in [1.29, 1.82) is 0 Å². The second kappa shape index (κ2) is 51.3. The Bertz CT molecular complexity index is 3030. The van der Waals surface area contributed by atoms with Crippen LogP contribution in [0.4, 0.5) is 0 Å².